The molecule has 0 atom stereocenters. The predicted octanol–water partition coefficient (Wildman–Crippen LogP) is 2.85. The summed E-state index contributed by atoms with van der Waals surface area (Å²) in [7, 11) is -4.00. The van der Waals surface area contributed by atoms with Gasteiger partial charge < -0.3 is 9.64 Å². The Bertz CT molecular complexity index is 1290. The molecule has 1 aliphatic heterocycles. The van der Waals surface area contributed by atoms with E-state index in [9.17, 15) is 34.8 Å². The third kappa shape index (κ3) is 5.11. The largest absolute Gasteiger partial charge is 0.573 e. The lowest BCUT2D eigenvalue weighted by atomic mass is 10.3. The van der Waals surface area contributed by atoms with Crippen molar-refractivity contribution in [1.82, 2.24) is 24.2 Å². The molecule has 4 rings (SSSR count). The summed E-state index contributed by atoms with van der Waals surface area (Å²) in [5.41, 5.74) is -0.188. The quantitative estimate of drug-likeness (QED) is 0.496. The van der Waals surface area contributed by atoms with Crippen molar-refractivity contribution in [2.24, 2.45) is 0 Å². The normalized spacial score (nSPS) is 16.1. The van der Waals surface area contributed by atoms with E-state index in [0.717, 1.165) is 34.8 Å². The Hall–Kier alpha value is -3.27. The number of benzene rings is 1. The zero-order valence-electron chi connectivity index (χ0n) is 16.9. The first-order chi connectivity index (χ1) is 15.8. The van der Waals surface area contributed by atoms with Crippen molar-refractivity contribution in [1.29, 1.82) is 0 Å². The average molecular weight is 508 g/mol. The minimum atomic E-state index is -4.90. The van der Waals surface area contributed by atoms with Gasteiger partial charge >= 0.3 is 12.5 Å². The van der Waals surface area contributed by atoms with E-state index < -0.39 is 34.1 Å². The molecule has 0 aliphatic carbocycles. The second-order valence-corrected chi connectivity index (χ2v) is 8.98. The van der Waals surface area contributed by atoms with Gasteiger partial charge in [0.15, 0.2) is 5.65 Å². The van der Waals surface area contributed by atoms with E-state index in [4.69, 9.17) is 0 Å². The van der Waals surface area contributed by atoms with E-state index in [-0.39, 0.29) is 48.1 Å². The van der Waals surface area contributed by atoms with Gasteiger partial charge in [0.2, 0.25) is 15.8 Å². The molecule has 0 spiro atoms. The summed E-state index contributed by atoms with van der Waals surface area (Å²) >= 11 is 0. The molecule has 3 heterocycles. The van der Waals surface area contributed by atoms with Crippen molar-refractivity contribution in [2.75, 3.05) is 31.1 Å². The molecule has 3 aromatic rings. The number of alkyl halides is 6. The number of sulfonamides is 1. The number of piperazine rings is 1. The predicted molar refractivity (Wildman–Crippen MR) is 104 cm³/mol. The molecule has 2 aromatic heterocycles. The van der Waals surface area contributed by atoms with E-state index in [1.165, 1.54) is 6.20 Å². The van der Waals surface area contributed by atoms with Crippen LogP contribution in [0.2, 0.25) is 0 Å². The Morgan fingerprint density at radius 1 is 0.853 bits per heavy atom. The van der Waals surface area contributed by atoms with Crippen molar-refractivity contribution in [3.8, 4) is 5.75 Å². The van der Waals surface area contributed by atoms with Gasteiger partial charge in [-0.1, -0.05) is 0 Å². The van der Waals surface area contributed by atoms with Crippen molar-refractivity contribution in [2.45, 2.75) is 17.4 Å². The summed E-state index contributed by atoms with van der Waals surface area (Å²) in [4.78, 5) is 16.1. The van der Waals surface area contributed by atoms with Crippen molar-refractivity contribution < 1.29 is 39.5 Å². The summed E-state index contributed by atoms with van der Waals surface area (Å²) in [5, 5.41) is 0. The molecule has 0 amide bonds. The van der Waals surface area contributed by atoms with Crippen LogP contribution in [0.5, 0.6) is 5.75 Å². The zero-order valence-corrected chi connectivity index (χ0v) is 17.7. The standard InChI is InChI=1S/C18H14F6N6O3S/c19-17(20,21)16-26-9-13-15(28-16)27-14(10-25-13)29-5-7-30(8-6-29)34(31,32)12-3-1-11(2-4-12)33-18(22,23)24/h1-4,9-10H,5-8H2. The van der Waals surface area contributed by atoms with Crippen LogP contribution in [0.1, 0.15) is 5.82 Å². The molecule has 1 fully saturated rings. The molecule has 1 aromatic carbocycles. The number of nitrogens with zero attached hydrogens (tertiary/aromatic N) is 6. The fourth-order valence-electron chi connectivity index (χ4n) is 3.21. The van der Waals surface area contributed by atoms with Gasteiger partial charge in [0, 0.05) is 26.2 Å². The molecule has 0 saturated carbocycles. The summed E-state index contributed by atoms with van der Waals surface area (Å²) in [6.07, 6.45) is -7.41. The smallest absolute Gasteiger partial charge is 0.406 e. The van der Waals surface area contributed by atoms with E-state index in [0.29, 0.717) is 0 Å². The summed E-state index contributed by atoms with van der Waals surface area (Å²) < 4.78 is 106. The lowest BCUT2D eigenvalue weighted by Crippen LogP contribution is -2.49. The second-order valence-electron chi connectivity index (χ2n) is 7.04. The molecule has 16 heteroatoms. The maximum absolute atomic E-state index is 12.9. The maximum atomic E-state index is 12.9. The second kappa shape index (κ2) is 8.50. The van der Waals surface area contributed by atoms with E-state index in [1.54, 1.807) is 4.90 Å². The molecule has 1 aliphatic rings. The fraction of sp³-hybridized carbons (Fsp3) is 0.333. The van der Waals surface area contributed by atoms with Gasteiger partial charge in [-0.25, -0.2) is 28.4 Å². The van der Waals surface area contributed by atoms with E-state index in [1.807, 2.05) is 0 Å². The van der Waals surface area contributed by atoms with Crippen LogP contribution in [0.4, 0.5) is 32.2 Å². The van der Waals surface area contributed by atoms with Gasteiger partial charge in [-0.3, -0.25) is 0 Å². The Balaban J connectivity index is 1.46. The number of fused-ring (bicyclic) bond motifs is 1. The van der Waals surface area contributed by atoms with Crippen LogP contribution >= 0.6 is 0 Å². The van der Waals surface area contributed by atoms with Crippen molar-refractivity contribution in [3.63, 3.8) is 0 Å². The zero-order chi connectivity index (χ0) is 24.7. The third-order valence-electron chi connectivity index (χ3n) is 4.80. The van der Waals surface area contributed by atoms with Crippen LogP contribution in [-0.2, 0) is 16.2 Å². The Kier molecular flexibility index (Phi) is 5.97. The number of aromatic nitrogens is 4. The molecule has 0 N–H and O–H groups in total. The van der Waals surface area contributed by atoms with E-state index >= 15 is 0 Å². The SMILES string of the molecule is O=S(=O)(c1ccc(OC(F)(F)F)cc1)N1CCN(c2cnc3cnc(C(F)(F)F)nc3n2)CC1. The van der Waals surface area contributed by atoms with E-state index in [2.05, 4.69) is 24.7 Å². The number of anilines is 1. The van der Waals surface area contributed by atoms with Crippen LogP contribution < -0.4 is 9.64 Å². The summed E-state index contributed by atoms with van der Waals surface area (Å²) in [6, 6.07) is 3.82. The Morgan fingerprint density at radius 2 is 1.50 bits per heavy atom. The molecule has 0 radical (unpaired) electrons. The average Bonchev–Trinajstić information content (AvgIpc) is 2.77. The van der Waals surface area contributed by atoms with Crippen LogP contribution in [0.3, 0.4) is 0 Å². The molecular formula is C18H14F6N6O3S. The minimum Gasteiger partial charge on any atom is -0.406 e. The number of rotatable bonds is 4. The highest BCUT2D eigenvalue weighted by atomic mass is 32.2. The molecule has 34 heavy (non-hydrogen) atoms. The van der Waals surface area contributed by atoms with Gasteiger partial charge in [-0.2, -0.15) is 17.5 Å². The number of ether oxygens (including phenoxy) is 1. The van der Waals surface area contributed by atoms with Crippen LogP contribution in [-0.4, -0.2) is 65.2 Å². The first-order valence-corrected chi connectivity index (χ1v) is 10.9. The topological polar surface area (TPSA) is 101 Å². The lowest BCUT2D eigenvalue weighted by molar-refractivity contribution is -0.274. The minimum absolute atomic E-state index is 0.000425. The molecule has 9 nitrogen and oxygen atoms in total. The molecular weight excluding hydrogens is 494 g/mol. The lowest BCUT2D eigenvalue weighted by Gasteiger charge is -2.34. The highest BCUT2D eigenvalue weighted by Crippen LogP contribution is 2.28. The summed E-state index contributed by atoms with van der Waals surface area (Å²) in [6.45, 7) is 0.290. The van der Waals surface area contributed by atoms with Gasteiger partial charge in [-0.15, -0.1) is 13.2 Å². The maximum Gasteiger partial charge on any atom is 0.573 e. The monoisotopic (exact) mass is 508 g/mol. The van der Waals surface area contributed by atoms with Gasteiger partial charge in [0.05, 0.1) is 17.3 Å². The number of hydrogen-bond donors (Lipinski definition) is 0. The highest BCUT2D eigenvalue weighted by Gasteiger charge is 2.35. The van der Waals surface area contributed by atoms with Gasteiger partial charge in [-0.05, 0) is 24.3 Å². The van der Waals surface area contributed by atoms with Gasteiger partial charge in [0.1, 0.15) is 17.1 Å². The summed E-state index contributed by atoms with van der Waals surface area (Å²) in [5.74, 6) is -1.69. The number of halogens is 6. The van der Waals surface area contributed by atoms with Crippen molar-refractivity contribution in [3.05, 3.63) is 42.5 Å². The first kappa shape index (κ1) is 23.9. The Labute approximate surface area is 188 Å². The van der Waals surface area contributed by atoms with Crippen LogP contribution in [0.15, 0.2) is 41.6 Å². The van der Waals surface area contributed by atoms with Crippen molar-refractivity contribution >= 4 is 27.0 Å². The fourth-order valence-corrected chi connectivity index (χ4v) is 4.64. The van der Waals surface area contributed by atoms with Crippen LogP contribution in [0.25, 0.3) is 11.2 Å². The van der Waals surface area contributed by atoms with Crippen LogP contribution in [0, 0.1) is 0 Å². The molecule has 0 bridgehead atoms. The third-order valence-corrected chi connectivity index (χ3v) is 6.71. The Morgan fingerprint density at radius 3 is 2.09 bits per heavy atom. The first-order valence-electron chi connectivity index (χ1n) is 9.51. The number of hydrogen-bond acceptors (Lipinski definition) is 8. The molecule has 0 unspecified atom stereocenters. The highest BCUT2D eigenvalue weighted by molar-refractivity contribution is 7.89. The molecule has 182 valence electrons. The van der Waals surface area contributed by atoms with Gasteiger partial charge in [0.25, 0.3) is 0 Å². The molecule has 1 saturated heterocycles.